The summed E-state index contributed by atoms with van der Waals surface area (Å²) in [5, 5.41) is 13.9. The minimum Gasteiger partial charge on any atom is -0.480 e. The third-order valence-electron chi connectivity index (χ3n) is 3.34. The second-order valence-corrected chi connectivity index (χ2v) is 6.47. The summed E-state index contributed by atoms with van der Waals surface area (Å²) < 4.78 is 0. The van der Waals surface area contributed by atoms with Crippen LogP contribution in [0.1, 0.15) is 13.8 Å². The molecule has 1 atom stereocenters. The molecule has 0 aliphatic carbocycles. The number of thioether (sulfide) groups is 1. The van der Waals surface area contributed by atoms with Gasteiger partial charge in [0.15, 0.2) is 0 Å². The smallest absolute Gasteiger partial charge is 0.326 e. The van der Waals surface area contributed by atoms with Crippen LogP contribution < -0.4 is 5.32 Å². The lowest BCUT2D eigenvalue weighted by molar-refractivity contribution is -0.142. The van der Waals surface area contributed by atoms with Crippen molar-refractivity contribution in [1.29, 1.82) is 0 Å². The maximum Gasteiger partial charge on any atom is 0.326 e. The number of aliphatic carboxylic acids is 1. The second kappa shape index (κ2) is 7.31. The highest BCUT2D eigenvalue weighted by Crippen LogP contribution is 2.23. The monoisotopic (exact) mass is 317 g/mol. The van der Waals surface area contributed by atoms with Crippen molar-refractivity contribution in [3.8, 4) is 0 Å². The average molecular weight is 317 g/mol. The molecule has 2 aromatic rings. The Morgan fingerprint density at radius 1 is 1.14 bits per heavy atom. The van der Waals surface area contributed by atoms with Gasteiger partial charge in [-0.15, -0.1) is 11.8 Å². The Morgan fingerprint density at radius 3 is 2.45 bits per heavy atom. The first-order chi connectivity index (χ1) is 10.5. The molecule has 1 unspecified atom stereocenters. The van der Waals surface area contributed by atoms with E-state index < -0.39 is 12.0 Å². The lowest BCUT2D eigenvalue weighted by Crippen LogP contribution is -2.45. The highest BCUT2D eigenvalue weighted by molar-refractivity contribution is 8.00. The number of carboxylic acid groups (broad SMARTS) is 1. The van der Waals surface area contributed by atoms with E-state index >= 15 is 0 Å². The summed E-state index contributed by atoms with van der Waals surface area (Å²) in [6.07, 6.45) is 0. The number of rotatable bonds is 6. The van der Waals surface area contributed by atoms with Gasteiger partial charge in [0.05, 0.1) is 5.75 Å². The molecule has 2 N–H and O–H groups in total. The van der Waals surface area contributed by atoms with Crippen LogP contribution >= 0.6 is 11.8 Å². The van der Waals surface area contributed by atoms with Crippen molar-refractivity contribution in [3.63, 3.8) is 0 Å². The SMILES string of the molecule is CC(C)C(NC(=O)CSc1ccc2ccccc2c1)C(=O)O. The van der Waals surface area contributed by atoms with Crippen LogP contribution in [0.25, 0.3) is 10.8 Å². The molecule has 0 radical (unpaired) electrons. The summed E-state index contributed by atoms with van der Waals surface area (Å²) >= 11 is 1.40. The predicted molar refractivity (Wildman–Crippen MR) is 89.1 cm³/mol. The number of amides is 1. The van der Waals surface area contributed by atoms with Gasteiger partial charge >= 0.3 is 5.97 Å². The number of carboxylic acids is 1. The minimum absolute atomic E-state index is 0.146. The van der Waals surface area contributed by atoms with E-state index in [4.69, 9.17) is 5.11 Å². The number of nitrogens with one attached hydrogen (secondary N) is 1. The van der Waals surface area contributed by atoms with Gasteiger partial charge in [-0.05, 0) is 28.8 Å². The van der Waals surface area contributed by atoms with Crippen molar-refractivity contribution in [3.05, 3.63) is 42.5 Å². The van der Waals surface area contributed by atoms with Crippen LogP contribution in [0.15, 0.2) is 47.4 Å². The van der Waals surface area contributed by atoms with Crippen LogP contribution in [0.2, 0.25) is 0 Å². The average Bonchev–Trinajstić information content (AvgIpc) is 2.49. The van der Waals surface area contributed by atoms with E-state index in [1.54, 1.807) is 13.8 Å². The molecule has 22 heavy (non-hydrogen) atoms. The molecule has 2 aromatic carbocycles. The molecule has 2 rings (SSSR count). The standard InChI is InChI=1S/C17H19NO3S/c1-11(2)16(17(20)21)18-15(19)10-22-14-8-7-12-5-3-4-6-13(12)9-14/h3-9,11,16H,10H2,1-2H3,(H,18,19)(H,20,21). The molecule has 0 saturated carbocycles. The number of fused-ring (bicyclic) bond motifs is 1. The highest BCUT2D eigenvalue weighted by Gasteiger charge is 2.23. The summed E-state index contributed by atoms with van der Waals surface area (Å²) in [5.41, 5.74) is 0. The third-order valence-corrected chi connectivity index (χ3v) is 4.33. The Kier molecular flexibility index (Phi) is 5.44. The van der Waals surface area contributed by atoms with Gasteiger partial charge in [-0.2, -0.15) is 0 Å². The van der Waals surface area contributed by atoms with E-state index in [-0.39, 0.29) is 17.6 Å². The summed E-state index contributed by atoms with van der Waals surface area (Å²) in [6, 6.07) is 13.2. The molecule has 1 amide bonds. The van der Waals surface area contributed by atoms with Gasteiger partial charge in [0, 0.05) is 4.90 Å². The van der Waals surface area contributed by atoms with E-state index in [0.717, 1.165) is 15.7 Å². The molecule has 0 aliphatic heterocycles. The van der Waals surface area contributed by atoms with E-state index in [9.17, 15) is 9.59 Å². The van der Waals surface area contributed by atoms with Gasteiger partial charge in [-0.3, -0.25) is 4.79 Å². The quantitative estimate of drug-likeness (QED) is 0.803. The van der Waals surface area contributed by atoms with E-state index in [2.05, 4.69) is 5.32 Å². The van der Waals surface area contributed by atoms with Crippen LogP contribution in [0.4, 0.5) is 0 Å². The molecule has 4 nitrogen and oxygen atoms in total. The zero-order valence-corrected chi connectivity index (χ0v) is 13.4. The van der Waals surface area contributed by atoms with Crippen LogP contribution in [0.5, 0.6) is 0 Å². The van der Waals surface area contributed by atoms with Crippen LogP contribution in [0.3, 0.4) is 0 Å². The number of hydrogen-bond acceptors (Lipinski definition) is 3. The molecule has 0 heterocycles. The maximum absolute atomic E-state index is 11.9. The van der Waals surface area contributed by atoms with Gasteiger partial charge in [0.1, 0.15) is 6.04 Å². The van der Waals surface area contributed by atoms with Crippen molar-refractivity contribution in [2.24, 2.45) is 5.92 Å². The number of benzene rings is 2. The third kappa shape index (κ3) is 4.24. The van der Waals surface area contributed by atoms with Gasteiger partial charge < -0.3 is 10.4 Å². The van der Waals surface area contributed by atoms with Crippen molar-refractivity contribution < 1.29 is 14.7 Å². The Hall–Kier alpha value is -2.01. The lowest BCUT2D eigenvalue weighted by Gasteiger charge is -2.17. The largest absolute Gasteiger partial charge is 0.480 e. The molecule has 0 aliphatic rings. The van der Waals surface area contributed by atoms with Crippen LogP contribution in [-0.4, -0.2) is 28.8 Å². The summed E-state index contributed by atoms with van der Waals surface area (Å²) in [6.45, 7) is 3.55. The number of carbonyl (C=O) groups is 2. The van der Waals surface area contributed by atoms with Gasteiger partial charge in [-0.25, -0.2) is 4.79 Å². The Labute approximate surface area is 133 Å². The molecule has 0 fully saturated rings. The van der Waals surface area contributed by atoms with Crippen molar-refractivity contribution in [2.45, 2.75) is 24.8 Å². The molecular formula is C17H19NO3S. The van der Waals surface area contributed by atoms with Crippen LogP contribution in [-0.2, 0) is 9.59 Å². The summed E-state index contributed by atoms with van der Waals surface area (Å²) in [4.78, 5) is 24.0. The zero-order valence-electron chi connectivity index (χ0n) is 12.6. The molecular weight excluding hydrogens is 298 g/mol. The van der Waals surface area contributed by atoms with Crippen LogP contribution in [0, 0.1) is 5.92 Å². The van der Waals surface area contributed by atoms with Crippen molar-refractivity contribution >= 4 is 34.4 Å². The first-order valence-corrected chi connectivity index (χ1v) is 8.09. The molecule has 0 spiro atoms. The first kappa shape index (κ1) is 16.4. The maximum atomic E-state index is 11.9. The van der Waals surface area contributed by atoms with Crippen molar-refractivity contribution in [1.82, 2.24) is 5.32 Å². The minimum atomic E-state index is -1.00. The molecule has 0 saturated heterocycles. The fraction of sp³-hybridized carbons (Fsp3) is 0.294. The van der Waals surface area contributed by atoms with Crippen molar-refractivity contribution in [2.75, 3.05) is 5.75 Å². The number of carbonyl (C=O) groups excluding carboxylic acids is 1. The normalized spacial score (nSPS) is 12.3. The van der Waals surface area contributed by atoms with E-state index in [1.165, 1.54) is 11.8 Å². The topological polar surface area (TPSA) is 66.4 Å². The Bertz CT molecular complexity index is 684. The predicted octanol–water partition coefficient (Wildman–Crippen LogP) is 3.16. The van der Waals surface area contributed by atoms with Gasteiger partial charge in [-0.1, -0.05) is 44.2 Å². The molecule has 116 valence electrons. The zero-order chi connectivity index (χ0) is 16.1. The molecule has 0 bridgehead atoms. The number of hydrogen-bond donors (Lipinski definition) is 2. The summed E-state index contributed by atoms with van der Waals surface area (Å²) in [5.74, 6) is -1.21. The van der Waals surface area contributed by atoms with Gasteiger partial charge in [0.2, 0.25) is 5.91 Å². The second-order valence-electron chi connectivity index (χ2n) is 5.43. The Balaban J connectivity index is 1.96. The fourth-order valence-electron chi connectivity index (χ4n) is 2.13. The fourth-order valence-corrected chi connectivity index (χ4v) is 2.89. The summed E-state index contributed by atoms with van der Waals surface area (Å²) in [7, 11) is 0. The van der Waals surface area contributed by atoms with E-state index in [1.807, 2.05) is 42.5 Å². The molecule has 5 heteroatoms. The Morgan fingerprint density at radius 2 is 1.82 bits per heavy atom. The van der Waals surface area contributed by atoms with E-state index in [0.29, 0.717) is 0 Å². The molecule has 0 aromatic heterocycles. The lowest BCUT2D eigenvalue weighted by atomic mass is 10.1. The first-order valence-electron chi connectivity index (χ1n) is 7.11. The van der Waals surface area contributed by atoms with Gasteiger partial charge in [0.25, 0.3) is 0 Å². The highest BCUT2D eigenvalue weighted by atomic mass is 32.2.